The molecule has 1 N–H and O–H groups in total. The number of hydrogen-bond acceptors (Lipinski definition) is 2. The van der Waals surface area contributed by atoms with Gasteiger partial charge in [-0.2, -0.15) is 5.10 Å². The molecule has 0 atom stereocenters. The minimum atomic E-state index is 0.655. The molecule has 0 saturated heterocycles. The van der Waals surface area contributed by atoms with Gasteiger partial charge in [-0.3, -0.25) is 4.68 Å². The predicted molar refractivity (Wildman–Crippen MR) is 87.5 cm³/mol. The zero-order chi connectivity index (χ0) is 14.3. The second-order valence-corrected chi connectivity index (χ2v) is 6.09. The fourth-order valence-corrected chi connectivity index (χ4v) is 3.12. The Morgan fingerprint density at radius 2 is 1.71 bits per heavy atom. The SMILES string of the molecule is c1cnn(Cc2ccc(NC3CCCCCCC3)cc2)c1. The van der Waals surface area contributed by atoms with E-state index in [0.29, 0.717) is 6.04 Å². The Balaban J connectivity index is 1.55. The number of anilines is 1. The molecule has 0 spiro atoms. The molecule has 21 heavy (non-hydrogen) atoms. The van der Waals surface area contributed by atoms with Crippen LogP contribution in [-0.2, 0) is 6.54 Å². The Morgan fingerprint density at radius 3 is 2.38 bits per heavy atom. The summed E-state index contributed by atoms with van der Waals surface area (Å²) in [5.74, 6) is 0. The van der Waals surface area contributed by atoms with Crippen LogP contribution in [0, 0.1) is 0 Å². The van der Waals surface area contributed by atoms with Crippen molar-refractivity contribution in [3.05, 3.63) is 48.3 Å². The highest BCUT2D eigenvalue weighted by molar-refractivity contribution is 5.45. The Morgan fingerprint density at radius 1 is 1.00 bits per heavy atom. The molecule has 1 aromatic heterocycles. The summed E-state index contributed by atoms with van der Waals surface area (Å²) >= 11 is 0. The van der Waals surface area contributed by atoms with Crippen LogP contribution in [0.4, 0.5) is 5.69 Å². The summed E-state index contributed by atoms with van der Waals surface area (Å²) in [7, 11) is 0. The third kappa shape index (κ3) is 4.35. The average molecular weight is 283 g/mol. The number of benzene rings is 1. The molecule has 1 aliphatic rings. The van der Waals surface area contributed by atoms with E-state index in [-0.39, 0.29) is 0 Å². The number of rotatable bonds is 4. The summed E-state index contributed by atoms with van der Waals surface area (Å²) in [4.78, 5) is 0. The predicted octanol–water partition coefficient (Wildman–Crippen LogP) is 4.46. The zero-order valence-corrected chi connectivity index (χ0v) is 12.7. The molecule has 1 fully saturated rings. The highest BCUT2D eigenvalue weighted by atomic mass is 15.3. The average Bonchev–Trinajstić information content (AvgIpc) is 2.97. The van der Waals surface area contributed by atoms with Crippen LogP contribution < -0.4 is 5.32 Å². The summed E-state index contributed by atoms with van der Waals surface area (Å²) in [6.07, 6.45) is 13.4. The van der Waals surface area contributed by atoms with Crippen LogP contribution in [0.3, 0.4) is 0 Å². The van der Waals surface area contributed by atoms with Crippen LogP contribution in [0.25, 0.3) is 0 Å². The Hall–Kier alpha value is -1.77. The molecule has 112 valence electrons. The van der Waals surface area contributed by atoms with Crippen LogP contribution in [0.5, 0.6) is 0 Å². The normalized spacial score (nSPS) is 17.1. The lowest BCUT2D eigenvalue weighted by Gasteiger charge is -2.22. The molecule has 0 aliphatic heterocycles. The third-order valence-electron chi connectivity index (χ3n) is 4.33. The van der Waals surface area contributed by atoms with Crippen molar-refractivity contribution in [2.24, 2.45) is 0 Å². The van der Waals surface area contributed by atoms with Gasteiger partial charge < -0.3 is 5.32 Å². The second-order valence-electron chi connectivity index (χ2n) is 6.09. The van der Waals surface area contributed by atoms with E-state index in [2.05, 4.69) is 34.7 Å². The largest absolute Gasteiger partial charge is 0.382 e. The first kappa shape index (κ1) is 14.2. The fraction of sp³-hybridized carbons (Fsp3) is 0.500. The number of nitrogens with zero attached hydrogens (tertiary/aromatic N) is 2. The van der Waals surface area contributed by atoms with Gasteiger partial charge in [0.15, 0.2) is 0 Å². The van der Waals surface area contributed by atoms with Gasteiger partial charge in [0.1, 0.15) is 0 Å². The van der Waals surface area contributed by atoms with Crippen molar-refractivity contribution in [3.63, 3.8) is 0 Å². The van der Waals surface area contributed by atoms with E-state index in [0.717, 1.165) is 6.54 Å². The van der Waals surface area contributed by atoms with E-state index < -0.39 is 0 Å². The lowest BCUT2D eigenvalue weighted by Crippen LogP contribution is -2.20. The minimum Gasteiger partial charge on any atom is -0.382 e. The minimum absolute atomic E-state index is 0.655. The maximum absolute atomic E-state index is 4.25. The lowest BCUT2D eigenvalue weighted by atomic mass is 9.96. The third-order valence-corrected chi connectivity index (χ3v) is 4.33. The molecule has 0 bridgehead atoms. The van der Waals surface area contributed by atoms with Gasteiger partial charge >= 0.3 is 0 Å². The van der Waals surface area contributed by atoms with Gasteiger partial charge in [0.2, 0.25) is 0 Å². The van der Waals surface area contributed by atoms with Crippen molar-refractivity contribution in [2.75, 3.05) is 5.32 Å². The van der Waals surface area contributed by atoms with Gasteiger partial charge in [0, 0.05) is 24.1 Å². The molecule has 3 heteroatoms. The monoisotopic (exact) mass is 283 g/mol. The van der Waals surface area contributed by atoms with Gasteiger partial charge in [-0.05, 0) is 36.6 Å². The zero-order valence-electron chi connectivity index (χ0n) is 12.7. The molecular weight excluding hydrogens is 258 g/mol. The van der Waals surface area contributed by atoms with Crippen molar-refractivity contribution in [1.82, 2.24) is 9.78 Å². The first-order valence-electron chi connectivity index (χ1n) is 8.23. The van der Waals surface area contributed by atoms with E-state index >= 15 is 0 Å². The van der Waals surface area contributed by atoms with Crippen molar-refractivity contribution < 1.29 is 0 Å². The van der Waals surface area contributed by atoms with Gasteiger partial charge in [-0.15, -0.1) is 0 Å². The fourth-order valence-electron chi connectivity index (χ4n) is 3.12. The molecule has 1 aromatic carbocycles. The number of hydrogen-bond donors (Lipinski definition) is 1. The summed E-state index contributed by atoms with van der Waals surface area (Å²) in [5.41, 5.74) is 2.55. The molecule has 1 aliphatic carbocycles. The van der Waals surface area contributed by atoms with Crippen LogP contribution in [0.2, 0.25) is 0 Å². The Kier molecular flexibility index (Phi) is 4.93. The van der Waals surface area contributed by atoms with Crippen molar-refractivity contribution in [2.45, 2.75) is 57.5 Å². The number of aromatic nitrogens is 2. The van der Waals surface area contributed by atoms with E-state index in [1.165, 1.54) is 56.2 Å². The van der Waals surface area contributed by atoms with Gasteiger partial charge in [0.05, 0.1) is 6.54 Å². The smallest absolute Gasteiger partial charge is 0.0659 e. The summed E-state index contributed by atoms with van der Waals surface area (Å²) in [5, 5.41) is 7.96. The van der Waals surface area contributed by atoms with Crippen LogP contribution in [0.1, 0.15) is 50.5 Å². The van der Waals surface area contributed by atoms with E-state index in [4.69, 9.17) is 0 Å². The molecule has 0 amide bonds. The topological polar surface area (TPSA) is 29.9 Å². The molecule has 3 rings (SSSR count). The van der Waals surface area contributed by atoms with E-state index in [9.17, 15) is 0 Å². The first-order valence-corrected chi connectivity index (χ1v) is 8.23. The summed E-state index contributed by atoms with van der Waals surface area (Å²) in [6.45, 7) is 0.844. The van der Waals surface area contributed by atoms with Gasteiger partial charge in [-0.1, -0.05) is 44.2 Å². The summed E-state index contributed by atoms with van der Waals surface area (Å²) < 4.78 is 1.96. The van der Waals surface area contributed by atoms with Crippen molar-refractivity contribution in [1.29, 1.82) is 0 Å². The highest BCUT2D eigenvalue weighted by Gasteiger charge is 2.10. The number of nitrogens with one attached hydrogen (secondary N) is 1. The maximum atomic E-state index is 4.25. The lowest BCUT2D eigenvalue weighted by molar-refractivity contribution is 0.471. The molecule has 3 nitrogen and oxygen atoms in total. The van der Waals surface area contributed by atoms with Gasteiger partial charge in [-0.25, -0.2) is 0 Å². The van der Waals surface area contributed by atoms with E-state index in [1.54, 1.807) is 0 Å². The highest BCUT2D eigenvalue weighted by Crippen LogP contribution is 2.21. The van der Waals surface area contributed by atoms with Crippen molar-refractivity contribution >= 4 is 5.69 Å². The van der Waals surface area contributed by atoms with Crippen LogP contribution >= 0.6 is 0 Å². The van der Waals surface area contributed by atoms with Crippen LogP contribution in [-0.4, -0.2) is 15.8 Å². The standard InChI is InChI=1S/C18H25N3/c1-2-4-7-17(8-5-3-1)20-18-11-9-16(10-12-18)15-21-14-6-13-19-21/h6,9-14,17,20H,1-5,7-8,15H2. The molecule has 0 unspecified atom stereocenters. The maximum Gasteiger partial charge on any atom is 0.0659 e. The summed E-state index contributed by atoms with van der Waals surface area (Å²) in [6, 6.07) is 11.4. The quantitative estimate of drug-likeness (QED) is 0.898. The Labute approximate surface area is 127 Å². The molecular formula is C18H25N3. The van der Waals surface area contributed by atoms with E-state index in [1.807, 2.05) is 23.1 Å². The van der Waals surface area contributed by atoms with Crippen molar-refractivity contribution in [3.8, 4) is 0 Å². The van der Waals surface area contributed by atoms with Gasteiger partial charge in [0.25, 0.3) is 0 Å². The Bertz CT molecular complexity index is 508. The first-order chi connectivity index (χ1) is 10.4. The molecule has 1 heterocycles. The second kappa shape index (κ2) is 7.30. The molecule has 1 saturated carbocycles. The molecule has 0 radical (unpaired) electrons. The van der Waals surface area contributed by atoms with Crippen LogP contribution in [0.15, 0.2) is 42.7 Å². The molecule has 2 aromatic rings.